The molecule has 0 saturated carbocycles. The van der Waals surface area contributed by atoms with Crippen LogP contribution in [0.25, 0.3) is 0 Å². The predicted molar refractivity (Wildman–Crippen MR) is 55.6 cm³/mol. The van der Waals surface area contributed by atoms with Gasteiger partial charge in [-0.15, -0.1) is 0 Å². The molecule has 0 unspecified atom stereocenters. The molecule has 0 saturated heterocycles. The van der Waals surface area contributed by atoms with E-state index in [1.807, 2.05) is 6.26 Å². The number of hydrogen-bond donors (Lipinski definition) is 2. The fraction of sp³-hybridized carbons (Fsp3) is 0.556. The van der Waals surface area contributed by atoms with Gasteiger partial charge < -0.3 is 10.2 Å². The van der Waals surface area contributed by atoms with Crippen molar-refractivity contribution in [2.45, 2.75) is 19.3 Å². The molecule has 0 aromatic rings. The molecule has 0 heterocycles. The Morgan fingerprint density at radius 1 is 1.29 bits per heavy atom. The fourth-order valence-corrected chi connectivity index (χ4v) is 1.44. The average Bonchev–Trinajstić information content (AvgIpc) is 2.09. The van der Waals surface area contributed by atoms with E-state index >= 15 is 0 Å². The summed E-state index contributed by atoms with van der Waals surface area (Å²) < 4.78 is 0. The summed E-state index contributed by atoms with van der Waals surface area (Å²) in [6.45, 7) is 0. The van der Waals surface area contributed by atoms with Crippen molar-refractivity contribution in [2.75, 3.05) is 12.0 Å². The Labute approximate surface area is 87.0 Å². The van der Waals surface area contributed by atoms with Crippen LogP contribution in [-0.4, -0.2) is 34.2 Å². The van der Waals surface area contributed by atoms with E-state index in [1.54, 1.807) is 11.8 Å². The molecule has 2 N–H and O–H groups in total. The van der Waals surface area contributed by atoms with Crippen LogP contribution in [0.5, 0.6) is 0 Å². The van der Waals surface area contributed by atoms with Gasteiger partial charge >= 0.3 is 11.9 Å². The third kappa shape index (κ3) is 6.54. The standard InChI is InChI=1S/C9H14O4S/c1-14-5-3-2-4-7(9(12)13)6-8(10)11/h6H,2-5H2,1H3,(H,10,11)(H,12,13)/b7-6-. The number of hydrogen-bond acceptors (Lipinski definition) is 3. The van der Waals surface area contributed by atoms with Crippen molar-refractivity contribution in [3.63, 3.8) is 0 Å². The second-order valence-electron chi connectivity index (χ2n) is 2.76. The van der Waals surface area contributed by atoms with E-state index in [0.717, 1.165) is 18.2 Å². The molecular weight excluding hydrogens is 204 g/mol. The highest BCUT2D eigenvalue weighted by atomic mass is 32.2. The Morgan fingerprint density at radius 3 is 2.36 bits per heavy atom. The number of aliphatic carboxylic acids is 2. The Hall–Kier alpha value is -0.970. The topological polar surface area (TPSA) is 74.6 Å². The van der Waals surface area contributed by atoms with Crippen LogP contribution in [0.3, 0.4) is 0 Å². The summed E-state index contributed by atoms with van der Waals surface area (Å²) in [6.07, 6.45) is 4.69. The molecule has 4 nitrogen and oxygen atoms in total. The van der Waals surface area contributed by atoms with E-state index in [4.69, 9.17) is 10.2 Å². The second-order valence-corrected chi connectivity index (χ2v) is 3.75. The van der Waals surface area contributed by atoms with Crippen molar-refractivity contribution in [3.8, 4) is 0 Å². The molecule has 0 rings (SSSR count). The van der Waals surface area contributed by atoms with Crippen molar-refractivity contribution in [3.05, 3.63) is 11.6 Å². The first kappa shape index (κ1) is 13.0. The van der Waals surface area contributed by atoms with Gasteiger partial charge in [-0.25, -0.2) is 9.59 Å². The average molecular weight is 218 g/mol. The zero-order chi connectivity index (χ0) is 11.0. The number of carbonyl (C=O) groups is 2. The summed E-state index contributed by atoms with van der Waals surface area (Å²) >= 11 is 1.69. The lowest BCUT2D eigenvalue weighted by Gasteiger charge is -2.00. The van der Waals surface area contributed by atoms with Gasteiger partial charge in [-0.1, -0.05) is 0 Å². The minimum Gasteiger partial charge on any atom is -0.478 e. The Bertz CT molecular complexity index is 235. The summed E-state index contributed by atoms with van der Waals surface area (Å²) in [7, 11) is 0. The molecule has 0 radical (unpaired) electrons. The zero-order valence-electron chi connectivity index (χ0n) is 8.02. The molecule has 0 aromatic carbocycles. The van der Waals surface area contributed by atoms with Crippen molar-refractivity contribution in [1.29, 1.82) is 0 Å². The maximum Gasteiger partial charge on any atom is 0.331 e. The van der Waals surface area contributed by atoms with Crippen LogP contribution in [0.2, 0.25) is 0 Å². The highest BCUT2D eigenvalue weighted by Crippen LogP contribution is 2.09. The summed E-state index contributed by atoms with van der Waals surface area (Å²) in [5.41, 5.74) is -0.0291. The van der Waals surface area contributed by atoms with E-state index in [9.17, 15) is 9.59 Å². The van der Waals surface area contributed by atoms with Crippen molar-refractivity contribution in [2.24, 2.45) is 0 Å². The molecule has 0 aliphatic rings. The summed E-state index contributed by atoms with van der Waals surface area (Å²) in [6, 6.07) is 0. The van der Waals surface area contributed by atoms with Crippen molar-refractivity contribution in [1.82, 2.24) is 0 Å². The number of carboxylic acids is 2. The quantitative estimate of drug-likeness (QED) is 0.501. The fourth-order valence-electron chi connectivity index (χ4n) is 0.952. The molecule has 0 aliphatic carbocycles. The van der Waals surface area contributed by atoms with E-state index < -0.39 is 11.9 Å². The van der Waals surface area contributed by atoms with Gasteiger partial charge in [0.2, 0.25) is 0 Å². The molecule has 0 amide bonds. The van der Waals surface area contributed by atoms with Crippen LogP contribution >= 0.6 is 11.8 Å². The van der Waals surface area contributed by atoms with E-state index in [1.165, 1.54) is 0 Å². The van der Waals surface area contributed by atoms with Gasteiger partial charge in [-0.2, -0.15) is 11.8 Å². The predicted octanol–water partition coefficient (Wildman–Crippen LogP) is 1.62. The molecular formula is C9H14O4S. The molecule has 0 fully saturated rings. The second kappa shape index (κ2) is 7.44. The third-order valence-corrected chi connectivity index (χ3v) is 2.31. The minimum atomic E-state index is -1.20. The lowest BCUT2D eigenvalue weighted by Crippen LogP contribution is -2.04. The summed E-state index contributed by atoms with van der Waals surface area (Å²) in [4.78, 5) is 20.8. The number of rotatable bonds is 7. The SMILES string of the molecule is CSCCCC/C(=C/C(=O)O)C(=O)O. The normalized spacial score (nSPS) is 11.4. The highest BCUT2D eigenvalue weighted by Gasteiger charge is 2.08. The molecule has 0 bridgehead atoms. The first-order chi connectivity index (χ1) is 6.57. The van der Waals surface area contributed by atoms with Crippen LogP contribution in [0.15, 0.2) is 11.6 Å². The number of carboxylic acid groups (broad SMARTS) is 2. The lowest BCUT2D eigenvalue weighted by atomic mass is 10.1. The zero-order valence-corrected chi connectivity index (χ0v) is 8.84. The molecule has 80 valence electrons. The summed E-state index contributed by atoms with van der Waals surface area (Å²) in [5.74, 6) is -1.37. The molecule has 5 heteroatoms. The van der Waals surface area contributed by atoms with Gasteiger partial charge in [0.05, 0.1) is 0 Å². The maximum atomic E-state index is 10.6. The molecule has 0 aromatic heterocycles. The van der Waals surface area contributed by atoms with Crippen molar-refractivity contribution < 1.29 is 19.8 Å². The van der Waals surface area contributed by atoms with Crippen LogP contribution in [0, 0.1) is 0 Å². The van der Waals surface area contributed by atoms with E-state index in [0.29, 0.717) is 12.8 Å². The van der Waals surface area contributed by atoms with Crippen LogP contribution in [0.4, 0.5) is 0 Å². The van der Waals surface area contributed by atoms with Gasteiger partial charge in [0, 0.05) is 11.6 Å². The first-order valence-electron chi connectivity index (χ1n) is 4.23. The monoisotopic (exact) mass is 218 g/mol. The number of unbranched alkanes of at least 4 members (excludes halogenated alkanes) is 1. The van der Waals surface area contributed by atoms with E-state index in [2.05, 4.69) is 0 Å². The third-order valence-electron chi connectivity index (χ3n) is 1.62. The number of thioether (sulfide) groups is 1. The molecule has 0 atom stereocenters. The molecule has 0 aliphatic heterocycles. The van der Waals surface area contributed by atoms with Crippen LogP contribution < -0.4 is 0 Å². The van der Waals surface area contributed by atoms with Gasteiger partial charge in [0.1, 0.15) is 0 Å². The smallest absolute Gasteiger partial charge is 0.331 e. The Balaban J connectivity index is 3.99. The van der Waals surface area contributed by atoms with Gasteiger partial charge in [-0.3, -0.25) is 0 Å². The largest absolute Gasteiger partial charge is 0.478 e. The van der Waals surface area contributed by atoms with Gasteiger partial charge in [0.15, 0.2) is 0 Å². The van der Waals surface area contributed by atoms with Crippen molar-refractivity contribution >= 4 is 23.7 Å². The maximum absolute atomic E-state index is 10.6. The molecule has 14 heavy (non-hydrogen) atoms. The van der Waals surface area contributed by atoms with Crippen LogP contribution in [0.1, 0.15) is 19.3 Å². The van der Waals surface area contributed by atoms with Gasteiger partial charge in [-0.05, 0) is 31.3 Å². The Kier molecular flexibility index (Phi) is 6.92. The molecule has 0 spiro atoms. The van der Waals surface area contributed by atoms with Gasteiger partial charge in [0.25, 0.3) is 0 Å². The summed E-state index contributed by atoms with van der Waals surface area (Å²) in [5, 5.41) is 17.0. The minimum absolute atomic E-state index is 0.0291. The van der Waals surface area contributed by atoms with E-state index in [-0.39, 0.29) is 5.57 Å². The van der Waals surface area contributed by atoms with Crippen LogP contribution in [-0.2, 0) is 9.59 Å². The lowest BCUT2D eigenvalue weighted by molar-refractivity contribution is -0.135. The first-order valence-corrected chi connectivity index (χ1v) is 5.63. The Morgan fingerprint density at radius 2 is 1.93 bits per heavy atom. The highest BCUT2D eigenvalue weighted by molar-refractivity contribution is 7.98.